The number of nitrogens with one attached hydrogen (secondary N) is 1. The van der Waals surface area contributed by atoms with Gasteiger partial charge in [-0.1, -0.05) is 30.3 Å². The molecule has 11 heteroatoms. The van der Waals surface area contributed by atoms with Crippen LogP contribution in [0, 0.1) is 23.5 Å². The summed E-state index contributed by atoms with van der Waals surface area (Å²) >= 11 is 7.16. The van der Waals surface area contributed by atoms with E-state index in [2.05, 4.69) is 20.3 Å². The molecule has 1 aliphatic heterocycles. The third-order valence-electron chi connectivity index (χ3n) is 6.75. The van der Waals surface area contributed by atoms with Crippen molar-refractivity contribution in [2.75, 3.05) is 11.9 Å². The van der Waals surface area contributed by atoms with E-state index in [0.717, 1.165) is 23.2 Å². The van der Waals surface area contributed by atoms with Crippen LogP contribution in [0.15, 0.2) is 41.7 Å². The van der Waals surface area contributed by atoms with Crippen molar-refractivity contribution in [1.29, 1.82) is 0 Å². The van der Waals surface area contributed by atoms with E-state index >= 15 is 4.39 Å². The fourth-order valence-electron chi connectivity index (χ4n) is 5.20. The van der Waals surface area contributed by atoms with Gasteiger partial charge in [-0.25, -0.2) is 13.8 Å². The number of nitrogens with zero attached hydrogens (tertiary/aromatic N) is 3. The average Bonchev–Trinajstić information content (AvgIpc) is 3.42. The number of amidine groups is 1. The molecule has 0 spiro atoms. The number of hydrogen-bond acceptors (Lipinski definition) is 8. The molecule has 0 saturated heterocycles. The summed E-state index contributed by atoms with van der Waals surface area (Å²) < 4.78 is 34.5. The second-order valence-corrected chi connectivity index (χ2v) is 10.5. The van der Waals surface area contributed by atoms with Crippen LogP contribution in [0.2, 0.25) is 5.02 Å². The summed E-state index contributed by atoms with van der Waals surface area (Å²) in [5.41, 5.74) is 5.58. The van der Waals surface area contributed by atoms with Crippen LogP contribution in [0.3, 0.4) is 0 Å². The zero-order valence-electron chi connectivity index (χ0n) is 19.1. The molecule has 5 rings (SSSR count). The molecule has 3 heterocycles. The Morgan fingerprint density at radius 3 is 2.83 bits per heavy atom. The van der Waals surface area contributed by atoms with Gasteiger partial charge in [-0.05, 0) is 38.0 Å². The van der Waals surface area contributed by atoms with E-state index in [1.807, 2.05) is 6.92 Å². The van der Waals surface area contributed by atoms with E-state index in [9.17, 15) is 9.18 Å². The SMILES string of the molecule is CCOC(=O)[C@@]12SC(N)=N[C@](C)(c3cc(Nc4nccc5cc(Cl)cnc45)cc(F)c3F)C1C2C. The van der Waals surface area contributed by atoms with Crippen LogP contribution in [-0.4, -0.2) is 32.5 Å². The molecule has 1 fully saturated rings. The van der Waals surface area contributed by atoms with Gasteiger partial charge < -0.3 is 15.8 Å². The van der Waals surface area contributed by atoms with Crippen molar-refractivity contribution < 1.29 is 18.3 Å². The molecular formula is C24H22ClF2N5O2S. The molecule has 0 amide bonds. The number of anilines is 2. The van der Waals surface area contributed by atoms with Gasteiger partial charge in [-0.15, -0.1) is 0 Å². The van der Waals surface area contributed by atoms with Crippen molar-refractivity contribution in [1.82, 2.24) is 9.97 Å². The largest absolute Gasteiger partial charge is 0.465 e. The minimum atomic E-state index is -1.29. The van der Waals surface area contributed by atoms with Crippen molar-refractivity contribution in [3.05, 3.63) is 58.9 Å². The number of pyridine rings is 2. The molecule has 3 aromatic rings. The first-order valence-corrected chi connectivity index (χ1v) is 12.2. The van der Waals surface area contributed by atoms with Crippen LogP contribution >= 0.6 is 23.4 Å². The highest BCUT2D eigenvalue weighted by molar-refractivity contribution is 8.15. The molecule has 0 bridgehead atoms. The fourth-order valence-corrected chi connectivity index (χ4v) is 6.91. The van der Waals surface area contributed by atoms with E-state index in [0.29, 0.717) is 16.4 Å². The average molecular weight is 518 g/mol. The van der Waals surface area contributed by atoms with Gasteiger partial charge in [0.2, 0.25) is 0 Å². The summed E-state index contributed by atoms with van der Waals surface area (Å²) in [7, 11) is 0. The van der Waals surface area contributed by atoms with Crippen molar-refractivity contribution in [2.24, 2.45) is 22.6 Å². The van der Waals surface area contributed by atoms with Gasteiger partial charge in [0.05, 0.1) is 17.2 Å². The molecule has 4 atom stereocenters. The lowest BCUT2D eigenvalue weighted by molar-refractivity contribution is -0.144. The Morgan fingerprint density at radius 1 is 1.31 bits per heavy atom. The summed E-state index contributed by atoms with van der Waals surface area (Å²) in [6.45, 7) is 5.46. The normalized spacial score (nSPS) is 27.2. The first kappa shape index (κ1) is 23.7. The Kier molecular flexibility index (Phi) is 5.63. The zero-order chi connectivity index (χ0) is 25.1. The first-order valence-electron chi connectivity index (χ1n) is 11.0. The number of benzene rings is 1. The van der Waals surface area contributed by atoms with Gasteiger partial charge in [0.15, 0.2) is 22.6 Å². The third kappa shape index (κ3) is 3.61. The Balaban J connectivity index is 1.59. The molecule has 2 aliphatic rings. The highest BCUT2D eigenvalue weighted by Gasteiger charge is 2.77. The van der Waals surface area contributed by atoms with Crippen LogP contribution in [0.25, 0.3) is 10.9 Å². The smallest absolute Gasteiger partial charge is 0.323 e. The quantitative estimate of drug-likeness (QED) is 0.451. The van der Waals surface area contributed by atoms with Gasteiger partial charge in [-0.3, -0.25) is 14.8 Å². The maximum Gasteiger partial charge on any atom is 0.323 e. The number of aromatic nitrogens is 2. The number of esters is 1. The van der Waals surface area contributed by atoms with Gasteiger partial charge in [-0.2, -0.15) is 0 Å². The number of nitrogens with two attached hydrogens (primary N) is 1. The molecule has 1 aliphatic carbocycles. The molecule has 1 saturated carbocycles. The minimum Gasteiger partial charge on any atom is -0.465 e. The molecule has 35 heavy (non-hydrogen) atoms. The third-order valence-corrected chi connectivity index (χ3v) is 8.38. The molecule has 3 N–H and O–H groups in total. The Morgan fingerprint density at radius 2 is 2.09 bits per heavy atom. The zero-order valence-corrected chi connectivity index (χ0v) is 20.7. The van der Waals surface area contributed by atoms with E-state index < -0.39 is 33.8 Å². The van der Waals surface area contributed by atoms with Crippen LogP contribution in [0.5, 0.6) is 0 Å². The molecule has 2 aromatic heterocycles. The number of rotatable bonds is 5. The summed E-state index contributed by atoms with van der Waals surface area (Å²) in [6, 6.07) is 5.99. The summed E-state index contributed by atoms with van der Waals surface area (Å²) in [5.74, 6) is -2.83. The minimum absolute atomic E-state index is 0.0116. The number of aliphatic imine (C=N–C) groups is 1. The van der Waals surface area contributed by atoms with E-state index in [1.165, 1.54) is 12.3 Å². The number of thioether (sulfide) groups is 1. The molecule has 1 aromatic carbocycles. The summed E-state index contributed by atoms with van der Waals surface area (Å²) in [6.07, 6.45) is 3.04. The van der Waals surface area contributed by atoms with Crippen molar-refractivity contribution in [2.45, 2.75) is 31.1 Å². The molecule has 182 valence electrons. The molecule has 0 radical (unpaired) electrons. The number of fused-ring (bicyclic) bond motifs is 2. The lowest BCUT2D eigenvalue weighted by Crippen LogP contribution is -2.40. The van der Waals surface area contributed by atoms with Crippen LogP contribution < -0.4 is 11.1 Å². The van der Waals surface area contributed by atoms with Crippen molar-refractivity contribution in [3.8, 4) is 0 Å². The van der Waals surface area contributed by atoms with Crippen LogP contribution in [0.1, 0.15) is 26.3 Å². The number of ether oxygens (including phenoxy) is 1. The second kappa shape index (κ2) is 8.30. The summed E-state index contributed by atoms with van der Waals surface area (Å²) in [5, 5.41) is 4.35. The lowest BCUT2D eigenvalue weighted by atomic mass is 9.84. The Labute approximate surface area is 209 Å². The molecule has 2 unspecified atom stereocenters. The Hall–Kier alpha value is -2.98. The van der Waals surface area contributed by atoms with Crippen LogP contribution in [0.4, 0.5) is 20.3 Å². The van der Waals surface area contributed by atoms with Gasteiger partial charge >= 0.3 is 5.97 Å². The maximum absolute atomic E-state index is 15.3. The molecular weight excluding hydrogens is 496 g/mol. The second-order valence-electron chi connectivity index (χ2n) is 8.81. The van der Waals surface area contributed by atoms with E-state index in [4.69, 9.17) is 22.1 Å². The van der Waals surface area contributed by atoms with Crippen molar-refractivity contribution >= 4 is 56.9 Å². The standard InChI is InChI=1S/C24H22ClF2N5O2S/c1-4-34-21(33)24-11(2)19(24)23(3,32-22(28)35-24)15-8-14(9-16(26)17(15)27)31-20-18-12(5-6-29-20)7-13(25)10-30-18/h5-11,19H,4H2,1-3H3,(H2,28,32)(H,29,31)/t11?,19?,23-,24+/m1/s1. The first-order chi connectivity index (χ1) is 16.6. The predicted octanol–water partition coefficient (Wildman–Crippen LogP) is 5.15. The van der Waals surface area contributed by atoms with Gasteiger partial charge in [0.1, 0.15) is 10.3 Å². The van der Waals surface area contributed by atoms with Gasteiger partial charge in [0.25, 0.3) is 0 Å². The monoisotopic (exact) mass is 517 g/mol. The predicted molar refractivity (Wildman–Crippen MR) is 133 cm³/mol. The number of halogens is 3. The maximum atomic E-state index is 15.3. The van der Waals surface area contributed by atoms with Crippen LogP contribution in [-0.2, 0) is 15.1 Å². The van der Waals surface area contributed by atoms with Crippen molar-refractivity contribution in [3.63, 3.8) is 0 Å². The lowest BCUT2D eigenvalue weighted by Gasteiger charge is -2.33. The Bertz CT molecular complexity index is 1410. The summed E-state index contributed by atoms with van der Waals surface area (Å²) in [4.78, 5) is 26.0. The number of carbonyl (C=O) groups is 1. The van der Waals surface area contributed by atoms with Gasteiger partial charge in [0, 0.05) is 41.0 Å². The fraction of sp³-hybridized carbons (Fsp3) is 0.333. The van der Waals surface area contributed by atoms with E-state index in [1.54, 1.807) is 32.2 Å². The highest BCUT2D eigenvalue weighted by atomic mass is 35.5. The highest BCUT2D eigenvalue weighted by Crippen LogP contribution is 2.70. The number of carbonyl (C=O) groups excluding carboxylic acids is 1. The number of hydrogen-bond donors (Lipinski definition) is 2. The topological polar surface area (TPSA) is 102 Å². The van der Waals surface area contributed by atoms with E-state index in [-0.39, 0.29) is 28.9 Å². The molecule has 7 nitrogen and oxygen atoms in total.